The van der Waals surface area contributed by atoms with Crippen LogP contribution in [0.25, 0.3) is 11.0 Å². The lowest BCUT2D eigenvalue weighted by atomic mass is 9.84. The lowest BCUT2D eigenvalue weighted by molar-refractivity contribution is -0.131. The number of aldehydes is 1. The van der Waals surface area contributed by atoms with Crippen molar-refractivity contribution in [1.82, 2.24) is 5.32 Å². The van der Waals surface area contributed by atoms with Crippen molar-refractivity contribution in [3.63, 3.8) is 0 Å². The van der Waals surface area contributed by atoms with Gasteiger partial charge in [0.2, 0.25) is 6.29 Å². The van der Waals surface area contributed by atoms with Crippen molar-refractivity contribution in [1.29, 1.82) is 0 Å². The SMILES string of the molecule is CC(C)(CNC(=O)C=O)c1coc2ccccc12. The maximum absolute atomic E-state index is 11.0. The van der Waals surface area contributed by atoms with Crippen molar-refractivity contribution in [2.24, 2.45) is 0 Å². The highest BCUT2D eigenvalue weighted by Crippen LogP contribution is 2.31. The molecular formula is C14H15NO3. The van der Waals surface area contributed by atoms with E-state index in [1.165, 1.54) is 0 Å². The monoisotopic (exact) mass is 245 g/mol. The highest BCUT2D eigenvalue weighted by atomic mass is 16.3. The van der Waals surface area contributed by atoms with Crippen molar-refractivity contribution in [3.8, 4) is 0 Å². The zero-order chi connectivity index (χ0) is 13.2. The molecule has 0 fully saturated rings. The maximum atomic E-state index is 11.0. The van der Waals surface area contributed by atoms with Gasteiger partial charge in [-0.05, 0) is 6.07 Å². The summed E-state index contributed by atoms with van der Waals surface area (Å²) in [6.45, 7) is 4.37. The first kappa shape index (κ1) is 12.4. The van der Waals surface area contributed by atoms with Gasteiger partial charge < -0.3 is 9.73 Å². The molecular weight excluding hydrogens is 230 g/mol. The number of rotatable bonds is 4. The number of carbonyl (C=O) groups is 2. The molecule has 0 aliphatic heterocycles. The number of furan rings is 1. The van der Waals surface area contributed by atoms with Gasteiger partial charge in [-0.2, -0.15) is 0 Å². The molecule has 1 aromatic carbocycles. The van der Waals surface area contributed by atoms with Crippen LogP contribution in [-0.2, 0) is 15.0 Å². The Hall–Kier alpha value is -2.10. The molecule has 4 heteroatoms. The summed E-state index contributed by atoms with van der Waals surface area (Å²) in [5, 5.41) is 3.61. The zero-order valence-electron chi connectivity index (χ0n) is 10.4. The Balaban J connectivity index is 2.28. The lowest BCUT2D eigenvalue weighted by Crippen LogP contribution is -2.37. The van der Waals surface area contributed by atoms with E-state index in [4.69, 9.17) is 4.42 Å². The van der Waals surface area contributed by atoms with E-state index >= 15 is 0 Å². The second-order valence-corrected chi connectivity index (χ2v) is 4.87. The van der Waals surface area contributed by atoms with Gasteiger partial charge in [0.25, 0.3) is 5.91 Å². The third kappa shape index (κ3) is 2.27. The molecule has 0 bridgehead atoms. The molecule has 0 spiro atoms. The van der Waals surface area contributed by atoms with Gasteiger partial charge in [0, 0.05) is 22.9 Å². The predicted molar refractivity (Wildman–Crippen MR) is 68.3 cm³/mol. The molecule has 94 valence electrons. The fourth-order valence-corrected chi connectivity index (χ4v) is 1.95. The smallest absolute Gasteiger partial charge is 0.284 e. The van der Waals surface area contributed by atoms with Gasteiger partial charge in [-0.3, -0.25) is 9.59 Å². The molecule has 0 unspecified atom stereocenters. The Morgan fingerprint density at radius 2 is 2.11 bits per heavy atom. The van der Waals surface area contributed by atoms with Crippen molar-refractivity contribution in [2.75, 3.05) is 6.54 Å². The largest absolute Gasteiger partial charge is 0.464 e. The Morgan fingerprint density at radius 1 is 1.39 bits per heavy atom. The molecule has 1 N–H and O–H groups in total. The van der Waals surface area contributed by atoms with E-state index < -0.39 is 5.91 Å². The lowest BCUT2D eigenvalue weighted by Gasteiger charge is -2.23. The third-order valence-corrected chi connectivity index (χ3v) is 3.02. The molecule has 4 nitrogen and oxygen atoms in total. The van der Waals surface area contributed by atoms with Crippen LogP contribution in [0.4, 0.5) is 0 Å². The minimum atomic E-state index is -0.601. The first-order chi connectivity index (χ1) is 8.54. The highest BCUT2D eigenvalue weighted by Gasteiger charge is 2.25. The summed E-state index contributed by atoms with van der Waals surface area (Å²) in [5.41, 5.74) is 1.54. The van der Waals surface area contributed by atoms with E-state index in [0.29, 0.717) is 6.54 Å². The van der Waals surface area contributed by atoms with Gasteiger partial charge in [-0.15, -0.1) is 0 Å². The van der Waals surface area contributed by atoms with E-state index in [2.05, 4.69) is 5.32 Å². The minimum absolute atomic E-state index is 0.281. The number of benzene rings is 1. The summed E-state index contributed by atoms with van der Waals surface area (Å²) in [4.78, 5) is 21.3. The Kier molecular flexibility index (Phi) is 3.19. The van der Waals surface area contributed by atoms with E-state index in [-0.39, 0.29) is 11.7 Å². The number of hydrogen-bond acceptors (Lipinski definition) is 3. The standard InChI is InChI=1S/C14H15NO3/c1-14(2,9-15-13(17)7-16)11-8-18-12-6-4-3-5-10(11)12/h3-8H,9H2,1-2H3,(H,15,17). The summed E-state index contributed by atoms with van der Waals surface area (Å²) in [6, 6.07) is 7.74. The van der Waals surface area contributed by atoms with Crippen LogP contribution in [0.15, 0.2) is 34.9 Å². The first-order valence-corrected chi connectivity index (χ1v) is 5.74. The average Bonchev–Trinajstić information content (AvgIpc) is 2.80. The van der Waals surface area contributed by atoms with Gasteiger partial charge in [0.05, 0.1) is 6.26 Å². The second kappa shape index (κ2) is 4.64. The van der Waals surface area contributed by atoms with Crippen molar-refractivity contribution in [2.45, 2.75) is 19.3 Å². The molecule has 1 aromatic heterocycles. The predicted octanol–water partition coefficient (Wildman–Crippen LogP) is 2.03. The summed E-state index contributed by atoms with van der Waals surface area (Å²) in [7, 11) is 0. The van der Waals surface area contributed by atoms with Gasteiger partial charge >= 0.3 is 0 Å². The quantitative estimate of drug-likeness (QED) is 0.662. The van der Waals surface area contributed by atoms with Crippen molar-refractivity contribution >= 4 is 23.2 Å². The average molecular weight is 245 g/mol. The number of para-hydroxylation sites is 1. The highest BCUT2D eigenvalue weighted by molar-refractivity contribution is 6.23. The van der Waals surface area contributed by atoms with Gasteiger partial charge in [-0.25, -0.2) is 0 Å². The van der Waals surface area contributed by atoms with Crippen molar-refractivity contribution < 1.29 is 14.0 Å². The second-order valence-electron chi connectivity index (χ2n) is 4.87. The zero-order valence-corrected chi connectivity index (χ0v) is 10.4. The van der Waals surface area contributed by atoms with Crippen molar-refractivity contribution in [3.05, 3.63) is 36.1 Å². The van der Waals surface area contributed by atoms with Crippen LogP contribution in [0, 0.1) is 0 Å². The van der Waals surface area contributed by atoms with E-state index in [9.17, 15) is 9.59 Å². The molecule has 0 saturated heterocycles. The molecule has 2 aromatic rings. The molecule has 0 aliphatic carbocycles. The van der Waals surface area contributed by atoms with E-state index in [0.717, 1.165) is 16.5 Å². The van der Waals surface area contributed by atoms with Crippen LogP contribution in [0.1, 0.15) is 19.4 Å². The number of fused-ring (bicyclic) bond motifs is 1. The molecule has 1 heterocycles. The minimum Gasteiger partial charge on any atom is -0.464 e. The van der Waals surface area contributed by atoms with Crippen LogP contribution < -0.4 is 5.32 Å². The fourth-order valence-electron chi connectivity index (χ4n) is 1.95. The third-order valence-electron chi connectivity index (χ3n) is 3.02. The fraction of sp³-hybridized carbons (Fsp3) is 0.286. The summed E-state index contributed by atoms with van der Waals surface area (Å²) in [5.74, 6) is -0.601. The number of amides is 1. The normalized spacial score (nSPS) is 11.4. The number of nitrogens with one attached hydrogen (secondary N) is 1. The summed E-state index contributed by atoms with van der Waals surface area (Å²) in [6.07, 6.45) is 1.99. The number of carbonyl (C=O) groups excluding carboxylic acids is 2. The Morgan fingerprint density at radius 3 is 2.83 bits per heavy atom. The topological polar surface area (TPSA) is 59.3 Å². The van der Waals surface area contributed by atoms with Crippen LogP contribution >= 0.6 is 0 Å². The van der Waals surface area contributed by atoms with Crippen LogP contribution in [0.5, 0.6) is 0 Å². The van der Waals surface area contributed by atoms with Crippen LogP contribution in [0.3, 0.4) is 0 Å². The Labute approximate surface area is 105 Å². The molecule has 18 heavy (non-hydrogen) atoms. The van der Waals surface area contributed by atoms with Crippen LogP contribution in [0.2, 0.25) is 0 Å². The Bertz CT molecular complexity index is 583. The van der Waals surface area contributed by atoms with Gasteiger partial charge in [0.1, 0.15) is 5.58 Å². The van der Waals surface area contributed by atoms with Crippen LogP contribution in [-0.4, -0.2) is 18.7 Å². The van der Waals surface area contributed by atoms with E-state index in [1.54, 1.807) is 6.26 Å². The number of hydrogen-bond donors (Lipinski definition) is 1. The first-order valence-electron chi connectivity index (χ1n) is 5.74. The molecule has 0 saturated carbocycles. The summed E-state index contributed by atoms with van der Waals surface area (Å²) < 4.78 is 5.49. The molecule has 0 atom stereocenters. The molecule has 0 aliphatic rings. The summed E-state index contributed by atoms with van der Waals surface area (Å²) >= 11 is 0. The maximum Gasteiger partial charge on any atom is 0.284 e. The molecule has 0 radical (unpaired) electrons. The molecule has 1 amide bonds. The molecule has 2 rings (SSSR count). The van der Waals surface area contributed by atoms with E-state index in [1.807, 2.05) is 38.1 Å². The van der Waals surface area contributed by atoms with Gasteiger partial charge in [-0.1, -0.05) is 32.0 Å². The van der Waals surface area contributed by atoms with Gasteiger partial charge in [0.15, 0.2) is 0 Å².